The van der Waals surface area contributed by atoms with Crippen LogP contribution in [-0.4, -0.2) is 69.0 Å². The second-order valence-electron chi connectivity index (χ2n) is 8.46. The molecule has 1 atom stereocenters. The largest absolute Gasteiger partial charge is 0.371 e. The highest BCUT2D eigenvalue weighted by molar-refractivity contribution is 7.91. The quantitative estimate of drug-likeness (QED) is 0.806. The first-order valence-corrected chi connectivity index (χ1v) is 12.4. The summed E-state index contributed by atoms with van der Waals surface area (Å²) in [7, 11) is -2.82. The van der Waals surface area contributed by atoms with Gasteiger partial charge in [0.1, 0.15) is 0 Å². The molecule has 0 spiro atoms. The second-order valence-corrected chi connectivity index (χ2v) is 10.7. The molecule has 1 unspecified atom stereocenters. The Morgan fingerprint density at radius 2 is 1.64 bits per heavy atom. The Bertz CT molecular complexity index is 780. The highest BCUT2D eigenvalue weighted by atomic mass is 32.2. The van der Waals surface area contributed by atoms with Gasteiger partial charge in [0, 0.05) is 44.0 Å². The normalized spacial score (nSPS) is 25.4. The molecule has 7 heteroatoms. The SMILES string of the molecule is O=C(Cc1ccc(N2CCC(NC3CCS(=O)(=O)C3)CC2)cc1)N1CCCC1. The van der Waals surface area contributed by atoms with Gasteiger partial charge in [-0.25, -0.2) is 8.42 Å². The maximum absolute atomic E-state index is 12.3. The molecule has 0 radical (unpaired) electrons. The van der Waals surface area contributed by atoms with Gasteiger partial charge in [-0.2, -0.15) is 0 Å². The molecule has 3 aliphatic heterocycles. The zero-order valence-electron chi connectivity index (χ0n) is 16.5. The van der Waals surface area contributed by atoms with Crippen LogP contribution >= 0.6 is 0 Å². The van der Waals surface area contributed by atoms with Crippen LogP contribution in [0.15, 0.2) is 24.3 Å². The molecule has 1 N–H and O–H groups in total. The Morgan fingerprint density at radius 1 is 0.964 bits per heavy atom. The summed E-state index contributed by atoms with van der Waals surface area (Å²) in [6, 6.07) is 8.96. The van der Waals surface area contributed by atoms with Crippen LogP contribution in [0.1, 0.15) is 37.7 Å². The van der Waals surface area contributed by atoms with Crippen molar-refractivity contribution >= 4 is 21.4 Å². The van der Waals surface area contributed by atoms with Gasteiger partial charge in [-0.15, -0.1) is 0 Å². The molecule has 0 aliphatic carbocycles. The van der Waals surface area contributed by atoms with Gasteiger partial charge < -0.3 is 15.1 Å². The van der Waals surface area contributed by atoms with Crippen molar-refractivity contribution < 1.29 is 13.2 Å². The number of likely N-dealkylation sites (tertiary alicyclic amines) is 1. The number of anilines is 1. The van der Waals surface area contributed by atoms with Crippen molar-refractivity contribution in [2.24, 2.45) is 0 Å². The molecule has 154 valence electrons. The first-order valence-electron chi connectivity index (χ1n) is 10.6. The Morgan fingerprint density at radius 3 is 2.25 bits per heavy atom. The lowest BCUT2D eigenvalue weighted by Crippen LogP contribution is -2.46. The Balaban J connectivity index is 1.25. The third-order valence-electron chi connectivity index (χ3n) is 6.31. The number of amides is 1. The number of benzene rings is 1. The van der Waals surface area contributed by atoms with Crippen molar-refractivity contribution in [3.05, 3.63) is 29.8 Å². The maximum Gasteiger partial charge on any atom is 0.226 e. The molecular weight excluding hydrogens is 374 g/mol. The van der Waals surface area contributed by atoms with Crippen LogP contribution in [0.3, 0.4) is 0 Å². The molecule has 0 bridgehead atoms. The highest BCUT2D eigenvalue weighted by Gasteiger charge is 2.30. The van der Waals surface area contributed by atoms with E-state index in [0.717, 1.165) is 63.8 Å². The molecule has 3 heterocycles. The van der Waals surface area contributed by atoms with Crippen molar-refractivity contribution in [1.29, 1.82) is 0 Å². The standard InChI is InChI=1S/C21H31N3O3S/c25-21(24-10-1-2-11-24)15-17-3-5-20(6-4-17)23-12-7-18(8-13-23)22-19-9-14-28(26,27)16-19/h3-6,18-19,22H,1-2,7-16H2. The predicted molar refractivity (Wildman–Crippen MR) is 111 cm³/mol. The van der Waals surface area contributed by atoms with E-state index >= 15 is 0 Å². The van der Waals surface area contributed by atoms with Crippen LogP contribution in [-0.2, 0) is 21.1 Å². The fourth-order valence-corrected chi connectivity index (χ4v) is 6.33. The van der Waals surface area contributed by atoms with E-state index < -0.39 is 9.84 Å². The van der Waals surface area contributed by atoms with Crippen LogP contribution in [0, 0.1) is 0 Å². The first-order chi connectivity index (χ1) is 13.5. The predicted octanol–water partition coefficient (Wildman–Crippen LogP) is 1.60. The number of carbonyl (C=O) groups is 1. The monoisotopic (exact) mass is 405 g/mol. The average Bonchev–Trinajstić information content (AvgIpc) is 3.33. The minimum Gasteiger partial charge on any atom is -0.371 e. The molecular formula is C21H31N3O3S. The first kappa shape index (κ1) is 19.7. The van der Waals surface area contributed by atoms with Crippen molar-refractivity contribution in [3.63, 3.8) is 0 Å². The summed E-state index contributed by atoms with van der Waals surface area (Å²) in [4.78, 5) is 16.6. The van der Waals surface area contributed by atoms with E-state index in [1.54, 1.807) is 0 Å². The van der Waals surface area contributed by atoms with Gasteiger partial charge in [-0.3, -0.25) is 4.79 Å². The molecule has 0 saturated carbocycles. The number of piperidine rings is 1. The van der Waals surface area contributed by atoms with Gasteiger partial charge in [-0.05, 0) is 49.8 Å². The minimum atomic E-state index is -2.82. The van der Waals surface area contributed by atoms with Gasteiger partial charge >= 0.3 is 0 Å². The van der Waals surface area contributed by atoms with E-state index in [-0.39, 0.29) is 11.9 Å². The third-order valence-corrected chi connectivity index (χ3v) is 8.08. The third kappa shape index (κ3) is 4.87. The molecule has 1 aromatic carbocycles. The van der Waals surface area contributed by atoms with Gasteiger partial charge in [0.25, 0.3) is 0 Å². The average molecular weight is 406 g/mol. The molecule has 3 saturated heterocycles. The van der Waals surface area contributed by atoms with Crippen LogP contribution < -0.4 is 10.2 Å². The molecule has 3 fully saturated rings. The summed E-state index contributed by atoms with van der Waals surface area (Å²) in [5.74, 6) is 0.868. The van der Waals surface area contributed by atoms with Crippen molar-refractivity contribution in [2.45, 2.75) is 50.6 Å². The minimum absolute atomic E-state index is 0.133. The van der Waals surface area contributed by atoms with Crippen LogP contribution in [0.5, 0.6) is 0 Å². The smallest absolute Gasteiger partial charge is 0.226 e. The van der Waals surface area contributed by atoms with Gasteiger partial charge in [0.2, 0.25) is 5.91 Å². The van der Waals surface area contributed by atoms with Crippen LogP contribution in [0.2, 0.25) is 0 Å². The van der Waals surface area contributed by atoms with E-state index in [1.165, 1.54) is 5.69 Å². The summed E-state index contributed by atoms with van der Waals surface area (Å²) in [6.45, 7) is 3.77. The molecule has 28 heavy (non-hydrogen) atoms. The van der Waals surface area contributed by atoms with Crippen LogP contribution in [0.25, 0.3) is 0 Å². The fourth-order valence-electron chi connectivity index (χ4n) is 4.64. The van der Waals surface area contributed by atoms with E-state index in [0.29, 0.717) is 24.0 Å². The number of hydrogen-bond acceptors (Lipinski definition) is 5. The molecule has 0 aromatic heterocycles. The highest BCUT2D eigenvalue weighted by Crippen LogP contribution is 2.22. The van der Waals surface area contributed by atoms with Crippen molar-refractivity contribution in [3.8, 4) is 0 Å². The van der Waals surface area contributed by atoms with E-state index in [2.05, 4.69) is 34.5 Å². The Kier molecular flexibility index (Phi) is 5.92. The van der Waals surface area contributed by atoms with Gasteiger partial charge in [-0.1, -0.05) is 12.1 Å². The lowest BCUT2D eigenvalue weighted by atomic mass is 10.0. The maximum atomic E-state index is 12.3. The summed E-state index contributed by atoms with van der Waals surface area (Å²) < 4.78 is 23.2. The molecule has 1 aromatic rings. The summed E-state index contributed by atoms with van der Waals surface area (Å²) in [5.41, 5.74) is 2.29. The number of nitrogens with one attached hydrogen (secondary N) is 1. The Hall–Kier alpha value is -1.60. The topological polar surface area (TPSA) is 69.7 Å². The number of sulfone groups is 1. The number of carbonyl (C=O) groups excluding carboxylic acids is 1. The number of rotatable bonds is 5. The Labute approximate surface area is 168 Å². The summed E-state index contributed by atoms with van der Waals surface area (Å²) in [6.07, 6.45) is 5.58. The molecule has 6 nitrogen and oxygen atoms in total. The van der Waals surface area contributed by atoms with E-state index in [4.69, 9.17) is 0 Å². The lowest BCUT2D eigenvalue weighted by Gasteiger charge is -2.35. The second kappa shape index (κ2) is 8.41. The van der Waals surface area contributed by atoms with Crippen molar-refractivity contribution in [1.82, 2.24) is 10.2 Å². The van der Waals surface area contributed by atoms with Crippen LogP contribution in [0.4, 0.5) is 5.69 Å². The fraction of sp³-hybridized carbons (Fsp3) is 0.667. The summed E-state index contributed by atoms with van der Waals surface area (Å²) >= 11 is 0. The number of nitrogens with zero attached hydrogens (tertiary/aromatic N) is 2. The molecule has 1 amide bonds. The van der Waals surface area contributed by atoms with Crippen molar-refractivity contribution in [2.75, 3.05) is 42.6 Å². The van der Waals surface area contributed by atoms with Gasteiger partial charge in [0.15, 0.2) is 9.84 Å². The molecule has 4 rings (SSSR count). The van der Waals surface area contributed by atoms with E-state index in [9.17, 15) is 13.2 Å². The zero-order chi connectivity index (χ0) is 19.6. The lowest BCUT2D eigenvalue weighted by molar-refractivity contribution is -0.129. The summed E-state index contributed by atoms with van der Waals surface area (Å²) in [5, 5.41) is 3.55. The number of hydrogen-bond donors (Lipinski definition) is 1. The zero-order valence-corrected chi connectivity index (χ0v) is 17.3. The molecule has 3 aliphatic rings. The van der Waals surface area contributed by atoms with Gasteiger partial charge in [0.05, 0.1) is 17.9 Å². The van der Waals surface area contributed by atoms with E-state index in [1.807, 2.05) is 4.90 Å².